The normalized spacial score (nSPS) is 16.9. The van der Waals surface area contributed by atoms with Crippen molar-refractivity contribution < 1.29 is 29.0 Å². The number of benzene rings is 3. The van der Waals surface area contributed by atoms with Gasteiger partial charge in [-0.15, -0.1) is 0 Å². The first kappa shape index (κ1) is 28.4. The van der Waals surface area contributed by atoms with Crippen LogP contribution in [0.5, 0.6) is 0 Å². The Morgan fingerprint density at radius 1 is 0.927 bits per heavy atom. The summed E-state index contributed by atoms with van der Waals surface area (Å²) >= 11 is 0. The molecule has 3 aromatic carbocycles. The lowest BCUT2D eigenvalue weighted by Crippen LogP contribution is -2.59. The van der Waals surface area contributed by atoms with Crippen molar-refractivity contribution >= 4 is 18.0 Å². The zero-order valence-electron chi connectivity index (χ0n) is 23.3. The predicted octanol–water partition coefficient (Wildman–Crippen LogP) is 5.26. The highest BCUT2D eigenvalue weighted by atomic mass is 16.5. The zero-order chi connectivity index (χ0) is 29.0. The van der Waals surface area contributed by atoms with Gasteiger partial charge in [0.1, 0.15) is 12.6 Å². The van der Waals surface area contributed by atoms with Gasteiger partial charge in [-0.3, -0.25) is 9.59 Å². The summed E-state index contributed by atoms with van der Waals surface area (Å²) in [6, 6.07) is 24.6. The van der Waals surface area contributed by atoms with Crippen LogP contribution < -0.4 is 10.6 Å². The minimum Gasteiger partial charge on any atom is -0.481 e. The zero-order valence-corrected chi connectivity index (χ0v) is 23.3. The molecule has 2 aliphatic rings. The van der Waals surface area contributed by atoms with Gasteiger partial charge in [0.2, 0.25) is 5.91 Å². The molecule has 2 aliphatic carbocycles. The van der Waals surface area contributed by atoms with E-state index in [2.05, 4.69) is 22.8 Å². The number of nitrogens with one attached hydrogen (secondary N) is 2. The van der Waals surface area contributed by atoms with Gasteiger partial charge in [0.25, 0.3) is 0 Å². The molecule has 0 aromatic heterocycles. The Bertz CT molecular complexity index is 1360. The average molecular weight is 557 g/mol. The molecule has 0 heterocycles. The minimum absolute atomic E-state index is 0.0678. The van der Waals surface area contributed by atoms with Crippen LogP contribution in [0.2, 0.25) is 0 Å². The number of aliphatic carboxylic acids is 1. The maximum atomic E-state index is 13.6. The number of carbonyl (C=O) groups is 3. The van der Waals surface area contributed by atoms with Crippen LogP contribution in [0.15, 0.2) is 78.9 Å². The van der Waals surface area contributed by atoms with Gasteiger partial charge in [-0.2, -0.15) is 0 Å². The first-order valence-corrected chi connectivity index (χ1v) is 14.1. The molecule has 0 saturated heterocycles. The number of carboxylic acid groups (broad SMARTS) is 1. The predicted molar refractivity (Wildman–Crippen MR) is 154 cm³/mol. The standard InChI is InChI=1S/C33H36N2O6/c1-21(40-19-22-10-4-3-5-11-22)30(31(38)35-33(2,18-29(36)37)23-16-17-23)34-32(39)41-20-28-26-14-8-6-12-24(26)25-13-7-9-15-27(25)28/h3-15,21,23,28,30H,16-20H2,1-2H3,(H,34,39)(H,35,38)(H,36,37). The van der Waals surface area contributed by atoms with Crippen molar-refractivity contribution in [3.05, 3.63) is 95.6 Å². The van der Waals surface area contributed by atoms with Crippen LogP contribution >= 0.6 is 0 Å². The SMILES string of the molecule is CC(OCc1ccccc1)C(NC(=O)OCC1c2ccccc2-c2ccccc21)C(=O)NC(C)(CC(=O)O)C1CC1. The van der Waals surface area contributed by atoms with E-state index in [1.807, 2.05) is 66.7 Å². The molecule has 0 bridgehead atoms. The highest BCUT2D eigenvalue weighted by molar-refractivity contribution is 5.87. The van der Waals surface area contributed by atoms with Crippen molar-refractivity contribution in [3.8, 4) is 11.1 Å². The number of hydrogen-bond acceptors (Lipinski definition) is 5. The molecular weight excluding hydrogens is 520 g/mol. The molecule has 8 nitrogen and oxygen atoms in total. The third-order valence-electron chi connectivity index (χ3n) is 8.13. The van der Waals surface area contributed by atoms with Crippen LogP contribution in [-0.2, 0) is 25.7 Å². The van der Waals surface area contributed by atoms with Crippen molar-refractivity contribution in [1.29, 1.82) is 0 Å². The lowest BCUT2D eigenvalue weighted by atomic mass is 9.91. The van der Waals surface area contributed by atoms with Crippen molar-refractivity contribution in [2.24, 2.45) is 5.92 Å². The van der Waals surface area contributed by atoms with Crippen molar-refractivity contribution in [2.75, 3.05) is 6.61 Å². The second-order valence-corrected chi connectivity index (χ2v) is 11.2. The highest BCUT2D eigenvalue weighted by Crippen LogP contribution is 2.44. The van der Waals surface area contributed by atoms with E-state index in [1.165, 1.54) is 0 Å². The summed E-state index contributed by atoms with van der Waals surface area (Å²) in [4.78, 5) is 38.3. The highest BCUT2D eigenvalue weighted by Gasteiger charge is 2.45. The summed E-state index contributed by atoms with van der Waals surface area (Å²) in [6.45, 7) is 3.80. The van der Waals surface area contributed by atoms with Gasteiger partial charge in [0.05, 0.1) is 24.7 Å². The summed E-state index contributed by atoms with van der Waals surface area (Å²) in [5, 5.41) is 15.1. The molecular formula is C33H36N2O6. The lowest BCUT2D eigenvalue weighted by Gasteiger charge is -2.33. The summed E-state index contributed by atoms with van der Waals surface area (Å²) in [7, 11) is 0. The van der Waals surface area contributed by atoms with Gasteiger partial charge in [-0.05, 0) is 60.4 Å². The van der Waals surface area contributed by atoms with E-state index in [-0.39, 0.29) is 31.5 Å². The maximum Gasteiger partial charge on any atom is 0.407 e. The molecule has 0 aliphatic heterocycles. The lowest BCUT2D eigenvalue weighted by molar-refractivity contribution is -0.139. The van der Waals surface area contributed by atoms with Crippen LogP contribution in [0.25, 0.3) is 11.1 Å². The number of alkyl carbamates (subject to hydrolysis) is 1. The van der Waals surface area contributed by atoms with E-state index in [9.17, 15) is 19.5 Å². The van der Waals surface area contributed by atoms with Crippen LogP contribution in [0, 0.1) is 5.92 Å². The molecule has 2 amide bonds. The molecule has 3 atom stereocenters. The quantitative estimate of drug-likeness (QED) is 0.281. The largest absolute Gasteiger partial charge is 0.481 e. The maximum absolute atomic E-state index is 13.6. The fraction of sp³-hybridized carbons (Fsp3) is 0.364. The molecule has 214 valence electrons. The van der Waals surface area contributed by atoms with Gasteiger partial charge >= 0.3 is 12.1 Å². The van der Waals surface area contributed by atoms with E-state index in [4.69, 9.17) is 9.47 Å². The fourth-order valence-electron chi connectivity index (χ4n) is 5.75. The molecule has 5 rings (SSSR count). The Morgan fingerprint density at radius 2 is 1.51 bits per heavy atom. The molecule has 0 spiro atoms. The second kappa shape index (κ2) is 12.1. The third-order valence-corrected chi connectivity index (χ3v) is 8.13. The smallest absolute Gasteiger partial charge is 0.407 e. The van der Waals surface area contributed by atoms with Gasteiger partial charge in [0, 0.05) is 5.92 Å². The van der Waals surface area contributed by atoms with Crippen molar-refractivity contribution in [3.63, 3.8) is 0 Å². The summed E-state index contributed by atoms with van der Waals surface area (Å²) < 4.78 is 11.7. The van der Waals surface area contributed by atoms with Crippen molar-refractivity contribution in [1.82, 2.24) is 10.6 Å². The first-order chi connectivity index (χ1) is 19.7. The fourth-order valence-corrected chi connectivity index (χ4v) is 5.75. The number of fused-ring (bicyclic) bond motifs is 3. The summed E-state index contributed by atoms with van der Waals surface area (Å²) in [6.07, 6.45) is 0.0151. The first-order valence-electron chi connectivity index (χ1n) is 14.1. The summed E-state index contributed by atoms with van der Waals surface area (Å²) in [5.74, 6) is -1.55. The van der Waals surface area contributed by atoms with E-state index in [1.54, 1.807) is 13.8 Å². The number of carbonyl (C=O) groups excluding carboxylic acids is 2. The second-order valence-electron chi connectivity index (χ2n) is 11.2. The van der Waals surface area contributed by atoms with Gasteiger partial charge in [0.15, 0.2) is 0 Å². The number of rotatable bonds is 12. The monoisotopic (exact) mass is 556 g/mol. The Labute approximate surface area is 240 Å². The molecule has 8 heteroatoms. The van der Waals surface area contributed by atoms with Crippen molar-refractivity contribution in [2.45, 2.75) is 63.3 Å². The minimum atomic E-state index is -1.10. The number of amides is 2. The Kier molecular flexibility index (Phi) is 8.40. The van der Waals surface area contributed by atoms with E-state index in [0.29, 0.717) is 0 Å². The molecule has 41 heavy (non-hydrogen) atoms. The van der Waals surface area contributed by atoms with Crippen LogP contribution in [0.4, 0.5) is 4.79 Å². The van der Waals surface area contributed by atoms with E-state index < -0.39 is 35.7 Å². The molecule has 3 N–H and O–H groups in total. The molecule has 1 fully saturated rings. The van der Waals surface area contributed by atoms with Crippen LogP contribution in [0.3, 0.4) is 0 Å². The average Bonchev–Trinajstić information content (AvgIpc) is 3.78. The van der Waals surface area contributed by atoms with Gasteiger partial charge in [-0.25, -0.2) is 4.79 Å². The topological polar surface area (TPSA) is 114 Å². The third kappa shape index (κ3) is 6.60. The number of hydrogen-bond donors (Lipinski definition) is 3. The van der Waals surface area contributed by atoms with E-state index >= 15 is 0 Å². The van der Waals surface area contributed by atoms with Crippen LogP contribution in [-0.4, -0.2) is 47.4 Å². The van der Waals surface area contributed by atoms with Gasteiger partial charge < -0.3 is 25.2 Å². The molecule has 3 aromatic rings. The Balaban J connectivity index is 1.29. The molecule has 3 unspecified atom stereocenters. The number of ether oxygens (including phenoxy) is 2. The van der Waals surface area contributed by atoms with Crippen LogP contribution in [0.1, 0.15) is 55.7 Å². The molecule has 0 radical (unpaired) electrons. The number of carboxylic acids is 1. The van der Waals surface area contributed by atoms with Gasteiger partial charge in [-0.1, -0.05) is 78.9 Å². The Morgan fingerprint density at radius 3 is 2.10 bits per heavy atom. The Hall–Kier alpha value is -4.17. The van der Waals surface area contributed by atoms with E-state index in [0.717, 1.165) is 40.7 Å². The molecule has 1 saturated carbocycles. The summed E-state index contributed by atoms with van der Waals surface area (Å²) in [5.41, 5.74) is 4.41.